The van der Waals surface area contributed by atoms with E-state index in [9.17, 15) is 13.2 Å². The molecule has 0 heterocycles. The van der Waals surface area contributed by atoms with Crippen LogP contribution in [-0.4, -0.2) is 29.7 Å². The molecule has 1 rings (SSSR count). The van der Waals surface area contributed by atoms with Crippen molar-refractivity contribution in [2.24, 2.45) is 11.8 Å². The lowest BCUT2D eigenvalue weighted by Crippen LogP contribution is -2.52. The topological polar surface area (TPSA) is 3.24 Å². The van der Waals surface area contributed by atoms with E-state index in [2.05, 4.69) is 0 Å². The molecule has 1 atom stereocenters. The van der Waals surface area contributed by atoms with E-state index >= 15 is 0 Å². The van der Waals surface area contributed by atoms with Crippen LogP contribution in [-0.2, 0) is 0 Å². The van der Waals surface area contributed by atoms with Gasteiger partial charge in [-0.3, -0.25) is 4.90 Å². The molecule has 1 fully saturated rings. The number of halogens is 3. The minimum absolute atomic E-state index is 0.0466. The van der Waals surface area contributed by atoms with Crippen LogP contribution < -0.4 is 0 Å². The van der Waals surface area contributed by atoms with Gasteiger partial charge in [-0.15, -0.1) is 0 Å². The van der Waals surface area contributed by atoms with Gasteiger partial charge in [-0.1, -0.05) is 13.8 Å². The number of alkyl halides is 3. The van der Waals surface area contributed by atoms with E-state index in [-0.39, 0.29) is 12.0 Å². The van der Waals surface area contributed by atoms with Crippen LogP contribution in [0, 0.1) is 11.8 Å². The molecule has 0 aromatic heterocycles. The van der Waals surface area contributed by atoms with Crippen molar-refractivity contribution in [3.8, 4) is 0 Å². The Bertz CT molecular complexity index is 219. The third-order valence-electron chi connectivity index (χ3n) is 3.15. The summed E-state index contributed by atoms with van der Waals surface area (Å²) < 4.78 is 39.0. The van der Waals surface area contributed by atoms with Crippen LogP contribution in [0.4, 0.5) is 13.2 Å². The van der Waals surface area contributed by atoms with E-state index < -0.39 is 12.2 Å². The quantitative estimate of drug-likeness (QED) is 0.704. The SMILES string of the molecule is CC(C)[C@H](N(CC1CC1)C(C)C)C(F)(F)F. The molecule has 0 aromatic rings. The summed E-state index contributed by atoms with van der Waals surface area (Å²) in [7, 11) is 0. The number of rotatable bonds is 5. The molecule has 16 heavy (non-hydrogen) atoms. The Labute approximate surface area is 96.0 Å². The van der Waals surface area contributed by atoms with Crippen LogP contribution in [0.3, 0.4) is 0 Å². The van der Waals surface area contributed by atoms with Crippen molar-refractivity contribution in [3.63, 3.8) is 0 Å². The summed E-state index contributed by atoms with van der Waals surface area (Å²) in [5.41, 5.74) is 0. The first kappa shape index (κ1) is 13.8. The van der Waals surface area contributed by atoms with Crippen LogP contribution in [0.1, 0.15) is 40.5 Å². The van der Waals surface area contributed by atoms with Crippen LogP contribution in [0.25, 0.3) is 0 Å². The summed E-state index contributed by atoms with van der Waals surface area (Å²) in [5, 5.41) is 0. The maximum absolute atomic E-state index is 13.0. The minimum atomic E-state index is -4.12. The van der Waals surface area contributed by atoms with Gasteiger partial charge in [-0.2, -0.15) is 13.2 Å². The zero-order valence-corrected chi connectivity index (χ0v) is 10.5. The van der Waals surface area contributed by atoms with Gasteiger partial charge in [0.15, 0.2) is 0 Å². The molecule has 0 bridgehead atoms. The van der Waals surface area contributed by atoms with Gasteiger partial charge in [0.2, 0.25) is 0 Å². The zero-order valence-electron chi connectivity index (χ0n) is 10.5. The Morgan fingerprint density at radius 3 is 1.88 bits per heavy atom. The fourth-order valence-electron chi connectivity index (χ4n) is 2.19. The van der Waals surface area contributed by atoms with Gasteiger partial charge in [0, 0.05) is 12.6 Å². The highest BCUT2D eigenvalue weighted by molar-refractivity contribution is 4.88. The highest BCUT2D eigenvalue weighted by atomic mass is 19.4. The first-order chi connectivity index (χ1) is 7.23. The molecule has 4 heteroatoms. The number of nitrogens with zero attached hydrogens (tertiary/aromatic N) is 1. The average molecular weight is 237 g/mol. The molecule has 0 amide bonds. The van der Waals surface area contributed by atoms with Crippen LogP contribution >= 0.6 is 0 Å². The van der Waals surface area contributed by atoms with Crippen LogP contribution in [0.2, 0.25) is 0 Å². The van der Waals surface area contributed by atoms with Gasteiger partial charge in [0.1, 0.15) is 6.04 Å². The lowest BCUT2D eigenvalue weighted by molar-refractivity contribution is -0.200. The van der Waals surface area contributed by atoms with E-state index in [1.165, 1.54) is 0 Å². The Hall–Kier alpha value is -0.250. The van der Waals surface area contributed by atoms with Gasteiger partial charge in [0.05, 0.1) is 0 Å². The van der Waals surface area contributed by atoms with Crippen molar-refractivity contribution >= 4 is 0 Å². The van der Waals surface area contributed by atoms with Gasteiger partial charge in [0.25, 0.3) is 0 Å². The fourth-order valence-corrected chi connectivity index (χ4v) is 2.19. The monoisotopic (exact) mass is 237 g/mol. The summed E-state index contributed by atoms with van der Waals surface area (Å²) >= 11 is 0. The average Bonchev–Trinajstić information content (AvgIpc) is 2.82. The van der Waals surface area contributed by atoms with E-state index in [0.717, 1.165) is 12.8 Å². The van der Waals surface area contributed by atoms with Gasteiger partial charge >= 0.3 is 6.18 Å². The summed E-state index contributed by atoms with van der Waals surface area (Å²) in [5.74, 6) is 0.104. The Balaban J connectivity index is 2.77. The second-order valence-electron chi connectivity index (χ2n) is 5.46. The van der Waals surface area contributed by atoms with Crippen molar-refractivity contribution in [2.45, 2.75) is 58.8 Å². The van der Waals surface area contributed by atoms with Crippen molar-refractivity contribution in [1.29, 1.82) is 0 Å². The second kappa shape index (κ2) is 4.94. The smallest absolute Gasteiger partial charge is 0.289 e. The Morgan fingerprint density at radius 1 is 1.12 bits per heavy atom. The van der Waals surface area contributed by atoms with Gasteiger partial charge in [-0.05, 0) is 38.5 Å². The Kier molecular flexibility index (Phi) is 4.27. The summed E-state index contributed by atoms with van der Waals surface area (Å²) in [6.07, 6.45) is -1.94. The fraction of sp³-hybridized carbons (Fsp3) is 1.00. The van der Waals surface area contributed by atoms with Crippen molar-refractivity contribution in [1.82, 2.24) is 4.90 Å². The third-order valence-corrected chi connectivity index (χ3v) is 3.15. The van der Waals surface area contributed by atoms with E-state index in [1.807, 2.05) is 13.8 Å². The molecule has 0 saturated heterocycles. The first-order valence-electron chi connectivity index (χ1n) is 6.06. The van der Waals surface area contributed by atoms with Crippen molar-refractivity contribution in [2.75, 3.05) is 6.54 Å². The number of hydrogen-bond acceptors (Lipinski definition) is 1. The normalized spacial score (nSPS) is 19.9. The number of hydrogen-bond donors (Lipinski definition) is 0. The van der Waals surface area contributed by atoms with Gasteiger partial charge in [-0.25, -0.2) is 0 Å². The second-order valence-corrected chi connectivity index (χ2v) is 5.46. The molecule has 0 aliphatic heterocycles. The highest BCUT2D eigenvalue weighted by Gasteiger charge is 2.47. The van der Waals surface area contributed by atoms with E-state index in [1.54, 1.807) is 18.7 Å². The molecule has 0 N–H and O–H groups in total. The maximum Gasteiger partial charge on any atom is 0.404 e. The molecule has 0 aromatic carbocycles. The van der Waals surface area contributed by atoms with Crippen molar-refractivity contribution < 1.29 is 13.2 Å². The molecule has 0 radical (unpaired) electrons. The lowest BCUT2D eigenvalue weighted by atomic mass is 10.00. The van der Waals surface area contributed by atoms with Crippen molar-refractivity contribution in [3.05, 3.63) is 0 Å². The van der Waals surface area contributed by atoms with Crippen LogP contribution in [0.5, 0.6) is 0 Å². The summed E-state index contributed by atoms with van der Waals surface area (Å²) in [6, 6.07) is -1.34. The Morgan fingerprint density at radius 2 is 1.62 bits per heavy atom. The molecule has 0 unspecified atom stereocenters. The predicted molar refractivity (Wildman–Crippen MR) is 59.2 cm³/mol. The molecule has 1 nitrogen and oxygen atoms in total. The third kappa shape index (κ3) is 3.65. The molecule has 96 valence electrons. The standard InChI is InChI=1S/C12H22F3N/c1-8(2)11(12(13,14)15)16(9(3)4)7-10-5-6-10/h8-11H,5-7H2,1-4H3/t11-/m0/s1. The largest absolute Gasteiger partial charge is 0.404 e. The molecular weight excluding hydrogens is 215 g/mol. The summed E-state index contributed by atoms with van der Waals surface area (Å²) in [4.78, 5) is 1.63. The molecule has 0 spiro atoms. The zero-order chi connectivity index (χ0) is 12.5. The van der Waals surface area contributed by atoms with Crippen LogP contribution in [0.15, 0.2) is 0 Å². The lowest BCUT2D eigenvalue weighted by Gasteiger charge is -2.38. The minimum Gasteiger partial charge on any atom is -0.289 e. The van der Waals surface area contributed by atoms with E-state index in [4.69, 9.17) is 0 Å². The molecule has 1 saturated carbocycles. The summed E-state index contributed by atoms with van der Waals surface area (Å²) in [6.45, 7) is 7.61. The van der Waals surface area contributed by atoms with E-state index in [0.29, 0.717) is 12.5 Å². The first-order valence-corrected chi connectivity index (χ1v) is 6.06. The van der Waals surface area contributed by atoms with Gasteiger partial charge < -0.3 is 0 Å². The molecule has 1 aliphatic rings. The highest BCUT2D eigenvalue weighted by Crippen LogP contribution is 2.36. The maximum atomic E-state index is 13.0. The predicted octanol–water partition coefficient (Wildman–Crippen LogP) is 3.69. The molecule has 1 aliphatic carbocycles. The molecular formula is C12H22F3N.